The van der Waals surface area contributed by atoms with Crippen LogP contribution in [-0.4, -0.2) is 27.5 Å². The molecule has 6 heteroatoms. The van der Waals surface area contributed by atoms with Crippen LogP contribution in [0, 0.1) is 6.92 Å². The molecule has 0 saturated carbocycles. The maximum absolute atomic E-state index is 12.7. The smallest absolute Gasteiger partial charge is 0.203 e. The van der Waals surface area contributed by atoms with E-state index < -0.39 is 0 Å². The van der Waals surface area contributed by atoms with Crippen LogP contribution in [0.5, 0.6) is 17.2 Å². The highest BCUT2D eigenvalue weighted by molar-refractivity contribution is 5.87. The second-order valence-corrected chi connectivity index (χ2v) is 7.21. The molecular formula is C26H23NO5. The summed E-state index contributed by atoms with van der Waals surface area (Å²) in [5, 5.41) is 0.562. The van der Waals surface area contributed by atoms with Crippen molar-refractivity contribution >= 4 is 22.9 Å². The van der Waals surface area contributed by atoms with Crippen molar-refractivity contribution in [1.82, 2.24) is 0 Å². The number of ether oxygens (including phenoxy) is 3. The summed E-state index contributed by atoms with van der Waals surface area (Å²) in [7, 11) is 4.69. The second-order valence-electron chi connectivity index (χ2n) is 7.21. The first kappa shape index (κ1) is 21.2. The van der Waals surface area contributed by atoms with E-state index in [-0.39, 0.29) is 5.43 Å². The van der Waals surface area contributed by atoms with Gasteiger partial charge >= 0.3 is 0 Å². The van der Waals surface area contributed by atoms with E-state index in [0.717, 1.165) is 16.7 Å². The molecule has 3 aromatic carbocycles. The van der Waals surface area contributed by atoms with Crippen molar-refractivity contribution in [3.8, 4) is 28.6 Å². The van der Waals surface area contributed by atoms with Crippen molar-refractivity contribution in [2.75, 3.05) is 21.3 Å². The topological polar surface area (TPSA) is 70.3 Å². The molecule has 0 aliphatic carbocycles. The number of hydrogen-bond donors (Lipinski definition) is 0. The van der Waals surface area contributed by atoms with Gasteiger partial charge in [-0.1, -0.05) is 23.8 Å². The Morgan fingerprint density at radius 3 is 2.28 bits per heavy atom. The number of hydrogen-bond acceptors (Lipinski definition) is 6. The van der Waals surface area contributed by atoms with Gasteiger partial charge in [-0.15, -0.1) is 0 Å². The summed E-state index contributed by atoms with van der Waals surface area (Å²) in [6.45, 7) is 1.94. The van der Waals surface area contributed by atoms with Crippen molar-refractivity contribution in [2.24, 2.45) is 4.99 Å². The van der Waals surface area contributed by atoms with Crippen molar-refractivity contribution in [1.29, 1.82) is 0 Å². The molecule has 0 fully saturated rings. The van der Waals surface area contributed by atoms with Gasteiger partial charge in [0.25, 0.3) is 0 Å². The monoisotopic (exact) mass is 429 g/mol. The highest BCUT2D eigenvalue weighted by Crippen LogP contribution is 2.38. The molecule has 0 radical (unpaired) electrons. The van der Waals surface area contributed by atoms with Crippen LogP contribution in [0.4, 0.5) is 5.69 Å². The minimum absolute atomic E-state index is 0.0895. The molecule has 0 unspecified atom stereocenters. The third-order valence-corrected chi connectivity index (χ3v) is 5.09. The average molecular weight is 429 g/mol. The van der Waals surface area contributed by atoms with E-state index in [1.165, 1.54) is 6.07 Å². The Morgan fingerprint density at radius 2 is 1.59 bits per heavy atom. The standard InChI is InChI=1S/C26H23NO5/c1-16-9-10-22-19(11-16)21(28)14-23(32-22)18-7-5-6-8-20(18)27-15-17-12-24(29-2)26(31-4)25(13-17)30-3/h5-15H,1-4H3/b27-15+. The van der Waals surface area contributed by atoms with Crippen LogP contribution in [0.1, 0.15) is 11.1 Å². The van der Waals surface area contributed by atoms with E-state index >= 15 is 0 Å². The van der Waals surface area contributed by atoms with Crippen molar-refractivity contribution in [3.05, 3.63) is 82.0 Å². The summed E-state index contributed by atoms with van der Waals surface area (Å²) in [6, 6.07) is 18.2. The minimum Gasteiger partial charge on any atom is -0.493 e. The highest BCUT2D eigenvalue weighted by Gasteiger charge is 2.13. The predicted octanol–water partition coefficient (Wildman–Crippen LogP) is 5.54. The number of nitrogens with zero attached hydrogens (tertiary/aromatic N) is 1. The highest BCUT2D eigenvalue weighted by atomic mass is 16.5. The molecule has 0 aliphatic heterocycles. The molecule has 4 rings (SSSR count). The maximum Gasteiger partial charge on any atom is 0.203 e. The summed E-state index contributed by atoms with van der Waals surface area (Å²) in [5.74, 6) is 2.06. The Kier molecular flexibility index (Phi) is 5.94. The van der Waals surface area contributed by atoms with Crippen LogP contribution < -0.4 is 19.6 Å². The molecule has 0 bridgehead atoms. The van der Waals surface area contributed by atoms with Crippen molar-refractivity contribution in [3.63, 3.8) is 0 Å². The Bertz CT molecular complexity index is 1350. The average Bonchev–Trinajstić information content (AvgIpc) is 2.82. The van der Waals surface area contributed by atoms with Crippen LogP contribution in [0.2, 0.25) is 0 Å². The number of aliphatic imine (C=N–C) groups is 1. The lowest BCUT2D eigenvalue weighted by molar-refractivity contribution is 0.324. The van der Waals surface area contributed by atoms with Gasteiger partial charge in [0.1, 0.15) is 11.3 Å². The summed E-state index contributed by atoms with van der Waals surface area (Å²) in [5.41, 5.74) is 3.61. The summed E-state index contributed by atoms with van der Waals surface area (Å²) >= 11 is 0. The van der Waals surface area contributed by atoms with Crippen LogP contribution in [0.3, 0.4) is 0 Å². The molecule has 1 heterocycles. The molecule has 1 aromatic heterocycles. The number of methoxy groups -OCH3 is 3. The molecule has 0 amide bonds. The van der Waals surface area contributed by atoms with Crippen LogP contribution in [0.25, 0.3) is 22.3 Å². The third kappa shape index (κ3) is 4.07. The Hall–Kier alpha value is -4.06. The van der Waals surface area contributed by atoms with Gasteiger partial charge in [0.15, 0.2) is 16.9 Å². The van der Waals surface area contributed by atoms with Gasteiger partial charge in [-0.25, -0.2) is 0 Å². The fourth-order valence-electron chi connectivity index (χ4n) is 3.52. The first-order valence-electron chi connectivity index (χ1n) is 10.0. The van der Waals surface area contributed by atoms with Crippen LogP contribution in [-0.2, 0) is 0 Å². The quantitative estimate of drug-likeness (QED) is 0.376. The lowest BCUT2D eigenvalue weighted by Gasteiger charge is -2.12. The Labute approximate surface area is 185 Å². The van der Waals surface area contributed by atoms with Crippen LogP contribution in [0.15, 0.2) is 74.9 Å². The normalized spacial score (nSPS) is 11.1. The molecule has 4 aromatic rings. The van der Waals surface area contributed by atoms with Gasteiger partial charge in [-0.2, -0.15) is 0 Å². The summed E-state index contributed by atoms with van der Waals surface area (Å²) in [4.78, 5) is 17.3. The number of fused-ring (bicyclic) bond motifs is 1. The van der Waals surface area contributed by atoms with E-state index in [1.807, 2.05) is 61.5 Å². The Morgan fingerprint density at radius 1 is 0.875 bits per heavy atom. The van der Waals surface area contributed by atoms with Gasteiger partial charge in [0.05, 0.1) is 32.4 Å². The predicted molar refractivity (Wildman–Crippen MR) is 126 cm³/mol. The number of benzene rings is 3. The summed E-state index contributed by atoms with van der Waals surface area (Å²) < 4.78 is 22.2. The second kappa shape index (κ2) is 8.98. The maximum atomic E-state index is 12.7. The molecule has 0 atom stereocenters. The van der Waals surface area contributed by atoms with Gasteiger partial charge in [-0.3, -0.25) is 9.79 Å². The van der Waals surface area contributed by atoms with Gasteiger partial charge < -0.3 is 18.6 Å². The zero-order chi connectivity index (χ0) is 22.7. The largest absolute Gasteiger partial charge is 0.493 e. The fourth-order valence-corrected chi connectivity index (χ4v) is 3.52. The lowest BCUT2D eigenvalue weighted by Crippen LogP contribution is -2.00. The van der Waals surface area contributed by atoms with E-state index in [9.17, 15) is 4.79 Å². The first-order chi connectivity index (χ1) is 15.5. The molecule has 0 aliphatic rings. The zero-order valence-corrected chi connectivity index (χ0v) is 18.3. The number of rotatable bonds is 6. The van der Waals surface area contributed by atoms with Gasteiger partial charge in [0.2, 0.25) is 5.75 Å². The molecule has 0 spiro atoms. The van der Waals surface area contributed by atoms with Crippen LogP contribution >= 0.6 is 0 Å². The first-order valence-corrected chi connectivity index (χ1v) is 10.0. The van der Waals surface area contributed by atoms with E-state index in [0.29, 0.717) is 39.7 Å². The molecule has 6 nitrogen and oxygen atoms in total. The van der Waals surface area contributed by atoms with E-state index in [4.69, 9.17) is 18.6 Å². The number of para-hydroxylation sites is 1. The third-order valence-electron chi connectivity index (χ3n) is 5.09. The summed E-state index contributed by atoms with van der Waals surface area (Å²) in [6.07, 6.45) is 1.70. The van der Waals surface area contributed by atoms with Gasteiger partial charge in [-0.05, 0) is 43.3 Å². The van der Waals surface area contributed by atoms with E-state index in [2.05, 4.69) is 4.99 Å². The van der Waals surface area contributed by atoms with E-state index in [1.54, 1.807) is 27.5 Å². The number of aryl methyl sites for hydroxylation is 1. The molecule has 32 heavy (non-hydrogen) atoms. The van der Waals surface area contributed by atoms with Gasteiger partial charge in [0, 0.05) is 23.4 Å². The lowest BCUT2D eigenvalue weighted by atomic mass is 10.1. The van der Waals surface area contributed by atoms with Crippen molar-refractivity contribution < 1.29 is 18.6 Å². The molecule has 0 saturated heterocycles. The molecular weight excluding hydrogens is 406 g/mol. The SMILES string of the molecule is COc1cc(/C=N/c2ccccc2-c2cc(=O)c3cc(C)ccc3o2)cc(OC)c1OC. The van der Waals surface area contributed by atoms with Crippen molar-refractivity contribution in [2.45, 2.75) is 6.92 Å². The zero-order valence-electron chi connectivity index (χ0n) is 18.3. The Balaban J connectivity index is 1.77. The molecule has 162 valence electrons. The minimum atomic E-state index is -0.0895. The fraction of sp³-hybridized carbons (Fsp3) is 0.154. The molecule has 0 N–H and O–H groups in total.